The standard InChI is InChI=1S/C23H24FN3O/c1-14(18-3-2-11-27-22(18)23(25)28)15-4-6-16(7-5-15)19-10-12-26-21-9-8-17(24)13-20(19)21/h2-3,8-16H,4-7H2,1H3,(H2,25,28)/t14-,15?,16?/m1/s1. The monoisotopic (exact) mass is 377 g/mol. The second-order valence-electron chi connectivity index (χ2n) is 7.77. The Morgan fingerprint density at radius 2 is 1.89 bits per heavy atom. The third kappa shape index (κ3) is 3.49. The summed E-state index contributed by atoms with van der Waals surface area (Å²) in [5.74, 6) is 0.411. The van der Waals surface area contributed by atoms with Crippen molar-refractivity contribution in [1.82, 2.24) is 9.97 Å². The van der Waals surface area contributed by atoms with Crippen LogP contribution in [0.1, 0.15) is 66.1 Å². The highest BCUT2D eigenvalue weighted by Gasteiger charge is 2.29. The van der Waals surface area contributed by atoms with Crippen molar-refractivity contribution in [3.8, 4) is 0 Å². The van der Waals surface area contributed by atoms with Crippen LogP contribution in [-0.2, 0) is 0 Å². The molecule has 144 valence electrons. The van der Waals surface area contributed by atoms with Gasteiger partial charge < -0.3 is 5.73 Å². The lowest BCUT2D eigenvalue weighted by Gasteiger charge is -2.33. The van der Waals surface area contributed by atoms with Crippen molar-refractivity contribution in [2.45, 2.75) is 44.4 Å². The number of amides is 1. The van der Waals surface area contributed by atoms with Gasteiger partial charge in [-0.3, -0.25) is 14.8 Å². The van der Waals surface area contributed by atoms with Gasteiger partial charge >= 0.3 is 0 Å². The van der Waals surface area contributed by atoms with E-state index in [1.807, 2.05) is 24.4 Å². The maximum atomic E-state index is 13.8. The maximum absolute atomic E-state index is 13.8. The van der Waals surface area contributed by atoms with Gasteiger partial charge in [-0.15, -0.1) is 0 Å². The number of fused-ring (bicyclic) bond motifs is 1. The van der Waals surface area contributed by atoms with E-state index in [1.165, 1.54) is 11.6 Å². The molecule has 1 atom stereocenters. The van der Waals surface area contributed by atoms with E-state index < -0.39 is 5.91 Å². The van der Waals surface area contributed by atoms with E-state index >= 15 is 0 Å². The van der Waals surface area contributed by atoms with Gasteiger partial charge in [0, 0.05) is 17.8 Å². The van der Waals surface area contributed by atoms with Crippen molar-refractivity contribution in [3.05, 3.63) is 71.4 Å². The minimum Gasteiger partial charge on any atom is -0.364 e. The first-order valence-corrected chi connectivity index (χ1v) is 9.83. The quantitative estimate of drug-likeness (QED) is 0.700. The molecular formula is C23H24FN3O. The highest BCUT2D eigenvalue weighted by molar-refractivity contribution is 5.92. The molecule has 0 aliphatic heterocycles. The third-order valence-corrected chi connectivity index (χ3v) is 6.22. The number of aromatic nitrogens is 2. The molecule has 1 aliphatic rings. The van der Waals surface area contributed by atoms with Gasteiger partial charge in [-0.1, -0.05) is 13.0 Å². The molecule has 3 aromatic rings. The van der Waals surface area contributed by atoms with Crippen molar-refractivity contribution in [1.29, 1.82) is 0 Å². The number of carbonyl (C=O) groups excluding carboxylic acids is 1. The van der Waals surface area contributed by atoms with E-state index in [0.717, 1.165) is 42.1 Å². The topological polar surface area (TPSA) is 68.9 Å². The fraction of sp³-hybridized carbons (Fsp3) is 0.348. The lowest BCUT2D eigenvalue weighted by molar-refractivity contribution is 0.0993. The van der Waals surface area contributed by atoms with Crippen LogP contribution in [0.3, 0.4) is 0 Å². The molecule has 1 saturated carbocycles. The summed E-state index contributed by atoms with van der Waals surface area (Å²) in [5, 5.41) is 0.919. The minimum atomic E-state index is -0.471. The number of hydrogen-bond donors (Lipinski definition) is 1. The van der Waals surface area contributed by atoms with Crippen LogP contribution in [0.25, 0.3) is 10.9 Å². The van der Waals surface area contributed by atoms with Gasteiger partial charge in [0.05, 0.1) is 5.52 Å². The number of nitrogens with two attached hydrogens (primary N) is 1. The van der Waals surface area contributed by atoms with Crippen LogP contribution < -0.4 is 5.73 Å². The number of benzene rings is 1. The van der Waals surface area contributed by atoms with Gasteiger partial charge in [-0.05, 0) is 84.9 Å². The van der Waals surface area contributed by atoms with Gasteiger partial charge in [0.15, 0.2) is 0 Å². The first-order chi connectivity index (χ1) is 13.5. The van der Waals surface area contributed by atoms with Gasteiger partial charge in [0.2, 0.25) is 0 Å². The molecule has 1 aliphatic carbocycles. The molecule has 2 heterocycles. The molecule has 0 unspecified atom stereocenters. The summed E-state index contributed by atoms with van der Waals surface area (Å²) in [5.41, 5.74) is 8.86. The number of nitrogens with zero attached hydrogens (tertiary/aromatic N) is 2. The normalized spacial score (nSPS) is 20.8. The Bertz CT molecular complexity index is 1010. The van der Waals surface area contributed by atoms with Crippen molar-refractivity contribution >= 4 is 16.8 Å². The molecule has 2 aromatic heterocycles. The molecule has 1 aromatic carbocycles. The highest BCUT2D eigenvalue weighted by Crippen LogP contribution is 2.43. The van der Waals surface area contributed by atoms with Crippen LogP contribution in [0.5, 0.6) is 0 Å². The van der Waals surface area contributed by atoms with Crippen LogP contribution in [-0.4, -0.2) is 15.9 Å². The Morgan fingerprint density at radius 3 is 2.64 bits per heavy atom. The molecule has 28 heavy (non-hydrogen) atoms. The molecule has 1 amide bonds. The maximum Gasteiger partial charge on any atom is 0.267 e. The zero-order chi connectivity index (χ0) is 19.7. The number of rotatable bonds is 4. The summed E-state index contributed by atoms with van der Waals surface area (Å²) in [4.78, 5) is 20.3. The summed E-state index contributed by atoms with van der Waals surface area (Å²) >= 11 is 0. The van der Waals surface area contributed by atoms with Crippen molar-refractivity contribution in [3.63, 3.8) is 0 Å². The summed E-state index contributed by atoms with van der Waals surface area (Å²) < 4.78 is 13.8. The number of primary amides is 1. The van der Waals surface area contributed by atoms with Crippen LogP contribution in [0.4, 0.5) is 4.39 Å². The summed E-state index contributed by atoms with van der Waals surface area (Å²) in [6, 6.07) is 10.7. The molecule has 0 spiro atoms. The molecule has 0 saturated heterocycles. The Kier molecular flexibility index (Phi) is 5.07. The average Bonchev–Trinajstić information content (AvgIpc) is 2.73. The molecule has 5 heteroatoms. The zero-order valence-corrected chi connectivity index (χ0v) is 15.9. The SMILES string of the molecule is C[C@@H](c1cccnc1C(N)=O)C1CCC(c2ccnc3ccc(F)cc23)CC1. The molecular weight excluding hydrogens is 353 g/mol. The van der Waals surface area contributed by atoms with Gasteiger partial charge in [-0.2, -0.15) is 0 Å². The van der Waals surface area contributed by atoms with E-state index in [9.17, 15) is 9.18 Å². The molecule has 0 radical (unpaired) electrons. The van der Waals surface area contributed by atoms with Gasteiger partial charge in [0.1, 0.15) is 11.5 Å². The largest absolute Gasteiger partial charge is 0.364 e. The number of hydrogen-bond acceptors (Lipinski definition) is 3. The second kappa shape index (κ2) is 7.66. The zero-order valence-electron chi connectivity index (χ0n) is 15.9. The Morgan fingerprint density at radius 1 is 1.11 bits per heavy atom. The van der Waals surface area contributed by atoms with E-state index in [1.54, 1.807) is 18.3 Å². The van der Waals surface area contributed by atoms with Gasteiger partial charge in [-0.25, -0.2) is 4.39 Å². The first kappa shape index (κ1) is 18.5. The van der Waals surface area contributed by atoms with Crippen molar-refractivity contribution in [2.24, 2.45) is 11.7 Å². The lowest BCUT2D eigenvalue weighted by atomic mass is 9.72. The summed E-state index contributed by atoms with van der Waals surface area (Å²) in [6.45, 7) is 2.16. The third-order valence-electron chi connectivity index (χ3n) is 6.22. The minimum absolute atomic E-state index is 0.223. The average molecular weight is 377 g/mol. The number of carbonyl (C=O) groups is 1. The number of pyridine rings is 2. The first-order valence-electron chi connectivity index (χ1n) is 9.83. The lowest BCUT2D eigenvalue weighted by Crippen LogP contribution is -2.22. The Hall–Kier alpha value is -2.82. The van der Waals surface area contributed by atoms with E-state index in [0.29, 0.717) is 17.5 Å². The van der Waals surface area contributed by atoms with Crippen LogP contribution in [0.2, 0.25) is 0 Å². The van der Waals surface area contributed by atoms with Crippen LogP contribution in [0, 0.1) is 11.7 Å². The van der Waals surface area contributed by atoms with Crippen LogP contribution >= 0.6 is 0 Å². The van der Waals surface area contributed by atoms with E-state index in [2.05, 4.69) is 16.9 Å². The fourth-order valence-corrected chi connectivity index (χ4v) is 4.67. The number of halogens is 1. The van der Waals surface area contributed by atoms with E-state index in [4.69, 9.17) is 5.73 Å². The van der Waals surface area contributed by atoms with Gasteiger partial charge in [0.25, 0.3) is 5.91 Å². The van der Waals surface area contributed by atoms with Crippen molar-refractivity contribution in [2.75, 3.05) is 0 Å². The molecule has 4 nitrogen and oxygen atoms in total. The molecule has 2 N–H and O–H groups in total. The predicted octanol–water partition coefficient (Wildman–Crippen LogP) is 4.95. The Labute approximate surface area is 164 Å². The Balaban J connectivity index is 1.53. The fourth-order valence-electron chi connectivity index (χ4n) is 4.67. The van der Waals surface area contributed by atoms with Crippen molar-refractivity contribution < 1.29 is 9.18 Å². The second-order valence-corrected chi connectivity index (χ2v) is 7.77. The highest BCUT2D eigenvalue weighted by atomic mass is 19.1. The molecule has 0 bridgehead atoms. The molecule has 1 fully saturated rings. The summed E-state index contributed by atoms with van der Waals surface area (Å²) in [6.07, 6.45) is 7.61. The smallest absolute Gasteiger partial charge is 0.267 e. The van der Waals surface area contributed by atoms with E-state index in [-0.39, 0.29) is 11.7 Å². The van der Waals surface area contributed by atoms with Crippen LogP contribution in [0.15, 0.2) is 48.8 Å². The summed E-state index contributed by atoms with van der Waals surface area (Å²) in [7, 11) is 0. The predicted molar refractivity (Wildman–Crippen MR) is 108 cm³/mol. The molecule has 4 rings (SSSR count).